The third-order valence-corrected chi connectivity index (χ3v) is 4.33. The Labute approximate surface area is 152 Å². The van der Waals surface area contributed by atoms with E-state index in [4.69, 9.17) is 5.73 Å². The van der Waals surface area contributed by atoms with Gasteiger partial charge in [-0.25, -0.2) is 0 Å². The van der Waals surface area contributed by atoms with Gasteiger partial charge in [-0.15, -0.1) is 0 Å². The second-order valence-corrected chi connectivity index (χ2v) is 6.69. The summed E-state index contributed by atoms with van der Waals surface area (Å²) in [5.41, 5.74) is 5.64. The Hall–Kier alpha value is -0.630. The van der Waals surface area contributed by atoms with Crippen LogP contribution in [0.3, 0.4) is 0 Å². The van der Waals surface area contributed by atoms with Crippen molar-refractivity contribution < 1.29 is 14.3 Å². The minimum absolute atomic E-state index is 0.101. The Morgan fingerprint density at radius 1 is 1.33 bits per heavy atom. The Kier molecular flexibility index (Phi) is 18.4. The molecule has 24 heavy (non-hydrogen) atoms. The number of nitrogens with one attached hydrogen (secondary N) is 2. The van der Waals surface area contributed by atoms with Crippen molar-refractivity contribution in [3.05, 3.63) is 0 Å². The highest BCUT2D eigenvalue weighted by molar-refractivity contribution is 7.98. The van der Waals surface area contributed by atoms with Crippen LogP contribution in [0.15, 0.2) is 0 Å². The van der Waals surface area contributed by atoms with Crippen molar-refractivity contribution in [1.82, 2.24) is 10.6 Å². The van der Waals surface area contributed by atoms with E-state index in [0.717, 1.165) is 37.9 Å². The van der Waals surface area contributed by atoms with Gasteiger partial charge in [0.15, 0.2) is 5.78 Å². The fourth-order valence-electron chi connectivity index (χ4n) is 2.29. The Balaban J connectivity index is 0. The molecular weight excluding hydrogens is 326 g/mol. The molecule has 0 saturated carbocycles. The van der Waals surface area contributed by atoms with Gasteiger partial charge in [-0.3, -0.25) is 9.59 Å². The number of rotatable bonds is 14. The van der Waals surface area contributed by atoms with Crippen LogP contribution in [0.2, 0.25) is 0 Å². The fourth-order valence-corrected chi connectivity index (χ4v) is 3.09. The highest BCUT2D eigenvalue weighted by Gasteiger charge is 2.32. The molecule has 0 spiro atoms. The molecule has 0 bridgehead atoms. The molecule has 0 aromatic rings. The second-order valence-electron chi connectivity index (χ2n) is 5.78. The van der Waals surface area contributed by atoms with Crippen molar-refractivity contribution in [3.8, 4) is 0 Å². The molecular formula is C17H37N3O3S. The number of amides is 1. The van der Waals surface area contributed by atoms with Crippen LogP contribution in [0.5, 0.6) is 0 Å². The lowest BCUT2D eigenvalue weighted by Gasteiger charge is -2.36. The Morgan fingerprint density at radius 3 is 2.42 bits per heavy atom. The number of carbonyl (C=O) groups is 2. The lowest BCUT2D eigenvalue weighted by Crippen LogP contribution is -2.66. The van der Waals surface area contributed by atoms with E-state index in [1.54, 1.807) is 11.8 Å². The molecule has 0 aliphatic carbocycles. The van der Waals surface area contributed by atoms with Gasteiger partial charge in [0.25, 0.3) is 0 Å². The molecule has 0 aromatic carbocycles. The van der Waals surface area contributed by atoms with Crippen molar-refractivity contribution in [3.63, 3.8) is 0 Å². The molecule has 0 fully saturated rings. The number of thioether (sulfide) groups is 1. The standard InChI is InChI=1S/C11H25N3OS.C6H12O2/c1-4-5-6-7-11(12,14-9-15)10(13-2)8-16-3;1-3-4-6(7)5-8-2/h9-10,13H,4-8,12H2,1-3H3,(H,14,15);3-5H2,1-2H3/t10-,11+;/m0./s1. The zero-order chi connectivity index (χ0) is 18.8. The Morgan fingerprint density at radius 2 is 2.00 bits per heavy atom. The zero-order valence-corrected chi connectivity index (χ0v) is 16.8. The second kappa shape index (κ2) is 17.2. The van der Waals surface area contributed by atoms with Gasteiger partial charge in [-0.1, -0.05) is 26.7 Å². The highest BCUT2D eigenvalue weighted by atomic mass is 32.2. The van der Waals surface area contributed by atoms with Gasteiger partial charge in [0.05, 0.1) is 6.04 Å². The van der Waals surface area contributed by atoms with E-state index in [-0.39, 0.29) is 18.4 Å². The van der Waals surface area contributed by atoms with Crippen LogP contribution in [0, 0.1) is 0 Å². The van der Waals surface area contributed by atoms with Crippen LogP contribution in [-0.4, -0.2) is 56.7 Å². The van der Waals surface area contributed by atoms with Crippen LogP contribution in [0.4, 0.5) is 0 Å². The number of methoxy groups -OCH3 is 1. The van der Waals surface area contributed by atoms with Crippen LogP contribution in [-0.2, 0) is 14.3 Å². The maximum Gasteiger partial charge on any atom is 0.208 e. The number of hydrogen-bond acceptors (Lipinski definition) is 6. The van der Waals surface area contributed by atoms with Crippen molar-refractivity contribution in [2.45, 2.75) is 64.1 Å². The summed E-state index contributed by atoms with van der Waals surface area (Å²) in [5, 5.41) is 5.96. The first kappa shape index (κ1) is 25.6. The van der Waals surface area contributed by atoms with E-state index in [1.807, 2.05) is 20.2 Å². The first-order chi connectivity index (χ1) is 11.4. The molecule has 2 atom stereocenters. The zero-order valence-electron chi connectivity index (χ0n) is 16.0. The molecule has 1 amide bonds. The first-order valence-electron chi connectivity index (χ1n) is 8.62. The number of hydrogen-bond donors (Lipinski definition) is 3. The van der Waals surface area contributed by atoms with Crippen LogP contribution in [0.25, 0.3) is 0 Å². The maximum absolute atomic E-state index is 10.7. The number of likely N-dealkylation sites (N-methyl/N-ethyl adjacent to an activating group) is 1. The summed E-state index contributed by atoms with van der Waals surface area (Å²) < 4.78 is 4.61. The molecule has 0 heterocycles. The molecule has 144 valence electrons. The van der Waals surface area contributed by atoms with Gasteiger partial charge in [0.1, 0.15) is 12.3 Å². The van der Waals surface area contributed by atoms with E-state index in [0.29, 0.717) is 12.8 Å². The van der Waals surface area contributed by atoms with Gasteiger partial charge in [-0.05, 0) is 32.6 Å². The summed E-state index contributed by atoms with van der Waals surface area (Å²) in [7, 11) is 3.42. The van der Waals surface area contributed by atoms with Gasteiger partial charge in [0, 0.05) is 19.3 Å². The maximum atomic E-state index is 10.7. The normalized spacial score (nSPS) is 14.1. The molecule has 0 aliphatic heterocycles. The molecule has 0 rings (SSSR count). The summed E-state index contributed by atoms with van der Waals surface area (Å²) >= 11 is 1.73. The number of ketones is 1. The molecule has 0 radical (unpaired) electrons. The first-order valence-corrected chi connectivity index (χ1v) is 10.0. The number of carbonyl (C=O) groups excluding carboxylic acids is 2. The van der Waals surface area contributed by atoms with Crippen molar-refractivity contribution in [1.29, 1.82) is 0 Å². The molecule has 7 heteroatoms. The van der Waals surface area contributed by atoms with E-state index in [2.05, 4.69) is 22.3 Å². The number of ether oxygens (including phenoxy) is 1. The smallest absolute Gasteiger partial charge is 0.208 e. The van der Waals surface area contributed by atoms with Crippen molar-refractivity contribution in [2.24, 2.45) is 5.73 Å². The van der Waals surface area contributed by atoms with Gasteiger partial charge >= 0.3 is 0 Å². The van der Waals surface area contributed by atoms with E-state index in [1.165, 1.54) is 7.11 Å². The monoisotopic (exact) mass is 363 g/mol. The largest absolute Gasteiger partial charge is 0.377 e. The van der Waals surface area contributed by atoms with Gasteiger partial charge in [-0.2, -0.15) is 11.8 Å². The number of Topliss-reactive ketones (excluding diaryl/α,β-unsaturated/α-hetero) is 1. The van der Waals surface area contributed by atoms with E-state index >= 15 is 0 Å². The molecule has 4 N–H and O–H groups in total. The minimum atomic E-state index is -0.630. The highest BCUT2D eigenvalue weighted by Crippen LogP contribution is 2.16. The number of nitrogens with two attached hydrogens (primary N) is 1. The predicted molar refractivity (Wildman–Crippen MR) is 103 cm³/mol. The third-order valence-electron chi connectivity index (χ3n) is 3.66. The van der Waals surface area contributed by atoms with Crippen molar-refractivity contribution in [2.75, 3.05) is 32.8 Å². The van der Waals surface area contributed by atoms with Crippen LogP contribution >= 0.6 is 11.8 Å². The van der Waals surface area contributed by atoms with Gasteiger partial charge < -0.3 is 21.1 Å². The SMILES string of the molecule is CCCC(=O)COC.CCCCC[C@@](N)(NC=O)[C@H](CSC)NC. The quantitative estimate of drug-likeness (QED) is 0.248. The average Bonchev–Trinajstić information content (AvgIpc) is 2.54. The van der Waals surface area contributed by atoms with E-state index < -0.39 is 5.66 Å². The molecule has 0 aliphatic rings. The predicted octanol–water partition coefficient (Wildman–Crippen LogP) is 1.92. The van der Waals surface area contributed by atoms with Crippen LogP contribution in [0.1, 0.15) is 52.4 Å². The molecule has 0 unspecified atom stereocenters. The lowest BCUT2D eigenvalue weighted by molar-refractivity contribution is -0.122. The van der Waals surface area contributed by atoms with E-state index in [9.17, 15) is 9.59 Å². The summed E-state index contributed by atoms with van der Waals surface area (Å²) in [6.07, 6.45) is 8.47. The Bertz CT molecular complexity index is 311. The summed E-state index contributed by atoms with van der Waals surface area (Å²) in [6.45, 7) is 4.41. The number of unbranched alkanes of at least 4 members (excludes halogenated alkanes) is 2. The molecule has 0 saturated heterocycles. The summed E-state index contributed by atoms with van der Waals surface area (Å²) in [4.78, 5) is 21.2. The van der Waals surface area contributed by atoms with Crippen molar-refractivity contribution >= 4 is 24.0 Å². The topological polar surface area (TPSA) is 93.4 Å². The average molecular weight is 364 g/mol. The third kappa shape index (κ3) is 12.8. The fraction of sp³-hybridized carbons (Fsp3) is 0.882. The van der Waals surface area contributed by atoms with Crippen LogP contribution < -0.4 is 16.4 Å². The van der Waals surface area contributed by atoms with Gasteiger partial charge in [0.2, 0.25) is 6.41 Å². The lowest BCUT2D eigenvalue weighted by atomic mass is 9.95. The molecule has 6 nitrogen and oxygen atoms in total. The summed E-state index contributed by atoms with van der Waals surface area (Å²) in [5.74, 6) is 1.08. The molecule has 0 aromatic heterocycles. The minimum Gasteiger partial charge on any atom is -0.377 e. The summed E-state index contributed by atoms with van der Waals surface area (Å²) in [6, 6.07) is 0.101.